The van der Waals surface area contributed by atoms with Crippen LogP contribution in [0.3, 0.4) is 0 Å². The summed E-state index contributed by atoms with van der Waals surface area (Å²) in [6.45, 7) is 6.23. The highest BCUT2D eigenvalue weighted by Gasteiger charge is 2.32. The number of hydroxylamine groups is 2. The molecule has 4 rings (SSSR count). The molecule has 2 aromatic rings. The topological polar surface area (TPSA) is 333 Å². The van der Waals surface area contributed by atoms with Crippen LogP contribution in [0.1, 0.15) is 86.7 Å². The average Bonchev–Trinajstić information content (AvgIpc) is 3.41. The van der Waals surface area contributed by atoms with Gasteiger partial charge in [0.15, 0.2) is 11.5 Å². The molecule has 6 amide bonds. The van der Waals surface area contributed by atoms with Gasteiger partial charge in [-0.3, -0.25) is 28.8 Å². The third-order valence-electron chi connectivity index (χ3n) is 8.16. The SMILES string of the molecule is CC1(C)OC=C(O)C(NC(=O)c2c(I)c(CC(=O)ONC(=O)CC(=O)NOC(=O)Cc3c(I)c(C(N)=O)c(I)c(C(=O)NC4=COC(C)(C)OC=C4O)c3I)c(I)c(C(N)=O)c2I)=CO1. The normalized spacial score (nSPS) is 14.8. The Hall–Kier alpha value is -3.66. The Morgan fingerprint density at radius 2 is 0.846 bits per heavy atom. The number of amides is 6. The van der Waals surface area contributed by atoms with Crippen LogP contribution in [0.2, 0.25) is 0 Å². The molecule has 2 aromatic carbocycles. The van der Waals surface area contributed by atoms with Crippen molar-refractivity contribution in [1.29, 1.82) is 0 Å². The molecule has 65 heavy (non-hydrogen) atoms. The largest absolute Gasteiger partial charge is 0.503 e. The van der Waals surface area contributed by atoms with Gasteiger partial charge in [-0.2, -0.15) is 11.0 Å². The molecule has 0 spiro atoms. The zero-order valence-corrected chi connectivity index (χ0v) is 46.4. The summed E-state index contributed by atoms with van der Waals surface area (Å²) in [6.07, 6.45) is 1.82. The molecule has 2 aliphatic heterocycles. The number of hydrogen-bond acceptors (Lipinski definition) is 16. The van der Waals surface area contributed by atoms with Crippen LogP contribution in [-0.4, -0.2) is 69.2 Å². The van der Waals surface area contributed by atoms with Crippen LogP contribution >= 0.6 is 136 Å². The smallest absolute Gasteiger partial charge is 0.336 e. The molecule has 2 heterocycles. The molecule has 22 nitrogen and oxygen atoms in total. The van der Waals surface area contributed by atoms with E-state index in [0.717, 1.165) is 25.0 Å². The number of nitrogens with two attached hydrogens (primary N) is 2. The molecule has 0 fully saturated rings. The molecule has 348 valence electrons. The molecular formula is C37H32I6N6O16. The first-order chi connectivity index (χ1) is 30.2. The van der Waals surface area contributed by atoms with Gasteiger partial charge in [0.2, 0.25) is 11.6 Å². The summed E-state index contributed by atoms with van der Waals surface area (Å²) in [6, 6.07) is 0. The van der Waals surface area contributed by atoms with Gasteiger partial charge in [0.25, 0.3) is 35.4 Å². The molecule has 0 radical (unpaired) electrons. The summed E-state index contributed by atoms with van der Waals surface area (Å²) in [5, 5.41) is 25.7. The molecule has 0 aliphatic carbocycles. The fraction of sp³-hybridized carbons (Fsp3) is 0.243. The zero-order valence-electron chi connectivity index (χ0n) is 33.5. The number of carbonyl (C=O) groups is 8. The first kappa shape index (κ1) is 54.0. The maximum Gasteiger partial charge on any atom is 0.336 e. The average molecular weight is 1580 g/mol. The van der Waals surface area contributed by atoms with Crippen molar-refractivity contribution in [2.45, 2.75) is 58.5 Å². The molecule has 0 saturated heterocycles. The second kappa shape index (κ2) is 22.4. The number of hydrogen-bond donors (Lipinski definition) is 8. The minimum absolute atomic E-state index is 0.0975. The predicted octanol–water partition coefficient (Wildman–Crippen LogP) is 4.34. The van der Waals surface area contributed by atoms with E-state index in [0.29, 0.717) is 0 Å². The van der Waals surface area contributed by atoms with E-state index in [1.54, 1.807) is 174 Å². The highest BCUT2D eigenvalue weighted by molar-refractivity contribution is 14.1. The number of aliphatic hydroxyl groups excluding tert-OH is 2. The molecule has 2 aliphatic rings. The quantitative estimate of drug-likeness (QED) is 0.0832. The number of rotatable bonds is 12. The van der Waals surface area contributed by atoms with E-state index >= 15 is 0 Å². The lowest BCUT2D eigenvalue weighted by Gasteiger charge is -2.21. The van der Waals surface area contributed by atoms with Crippen LogP contribution in [0, 0.1) is 21.4 Å². The molecule has 0 unspecified atom stereocenters. The minimum atomic E-state index is -1.18. The summed E-state index contributed by atoms with van der Waals surface area (Å²) < 4.78 is 22.4. The number of carbonyl (C=O) groups excluding carboxylic acids is 8. The second-order valence-electron chi connectivity index (χ2n) is 13.8. The number of nitrogens with one attached hydrogen (secondary N) is 4. The second-order valence-corrected chi connectivity index (χ2v) is 20.3. The fourth-order valence-electron chi connectivity index (χ4n) is 5.04. The third-order valence-corrected chi connectivity index (χ3v) is 15.1. The van der Waals surface area contributed by atoms with E-state index in [-0.39, 0.29) is 66.2 Å². The summed E-state index contributed by atoms with van der Waals surface area (Å²) in [7, 11) is 0. The molecule has 28 heteroatoms. The van der Waals surface area contributed by atoms with Crippen LogP contribution in [0.25, 0.3) is 0 Å². The van der Waals surface area contributed by atoms with E-state index in [4.69, 9.17) is 40.1 Å². The van der Waals surface area contributed by atoms with E-state index in [1.165, 1.54) is 0 Å². The Balaban J connectivity index is 1.41. The van der Waals surface area contributed by atoms with Crippen LogP contribution in [0.4, 0.5) is 0 Å². The lowest BCUT2D eigenvalue weighted by atomic mass is 10.0. The first-order valence-electron chi connectivity index (χ1n) is 17.6. The first-order valence-corrected chi connectivity index (χ1v) is 24.1. The van der Waals surface area contributed by atoms with Crippen molar-refractivity contribution < 1.29 is 77.2 Å². The number of halogens is 6. The predicted molar refractivity (Wildman–Crippen MR) is 272 cm³/mol. The molecule has 10 N–H and O–H groups in total. The Bertz CT molecular complexity index is 2390. The van der Waals surface area contributed by atoms with E-state index in [2.05, 4.69) is 10.6 Å². The van der Waals surface area contributed by atoms with Gasteiger partial charge in [0.05, 0.1) is 35.1 Å². The van der Waals surface area contributed by atoms with Crippen molar-refractivity contribution in [1.82, 2.24) is 21.6 Å². The van der Waals surface area contributed by atoms with E-state index in [9.17, 15) is 48.6 Å². The van der Waals surface area contributed by atoms with E-state index < -0.39 is 89.7 Å². The van der Waals surface area contributed by atoms with Gasteiger partial charge in [0.1, 0.15) is 42.9 Å². The third kappa shape index (κ3) is 13.7. The maximum absolute atomic E-state index is 13.6. The number of ether oxygens (including phenoxy) is 4. The van der Waals surface area contributed by atoms with Gasteiger partial charge in [0, 0.05) is 49.1 Å². The van der Waals surface area contributed by atoms with Crippen molar-refractivity contribution in [2.75, 3.05) is 0 Å². The maximum atomic E-state index is 13.6. The Labute approximate surface area is 449 Å². The van der Waals surface area contributed by atoms with Crippen LogP contribution in [0.5, 0.6) is 0 Å². The van der Waals surface area contributed by atoms with Crippen molar-refractivity contribution in [3.05, 3.63) is 103 Å². The van der Waals surface area contributed by atoms with Crippen molar-refractivity contribution in [3.63, 3.8) is 0 Å². The van der Waals surface area contributed by atoms with Gasteiger partial charge in [-0.05, 0) is 147 Å². The van der Waals surface area contributed by atoms with Crippen LogP contribution in [0.15, 0.2) is 48.0 Å². The number of primary amides is 2. The van der Waals surface area contributed by atoms with Crippen LogP contribution < -0.4 is 33.1 Å². The van der Waals surface area contributed by atoms with Gasteiger partial charge < -0.3 is 60.9 Å². The van der Waals surface area contributed by atoms with Gasteiger partial charge in [-0.15, -0.1) is 0 Å². The van der Waals surface area contributed by atoms with E-state index in [1.807, 2.05) is 0 Å². The Morgan fingerprint density at radius 1 is 0.538 bits per heavy atom. The molecular weight excluding hydrogens is 1550 g/mol. The van der Waals surface area contributed by atoms with Crippen molar-refractivity contribution in [2.24, 2.45) is 11.5 Å². The highest BCUT2D eigenvalue weighted by Crippen LogP contribution is 2.35. The fourth-order valence-corrected chi connectivity index (χ4v) is 14.2. The highest BCUT2D eigenvalue weighted by atomic mass is 127. The summed E-state index contributed by atoms with van der Waals surface area (Å²) in [4.78, 5) is 113. The van der Waals surface area contributed by atoms with Crippen LogP contribution in [-0.2, 0) is 60.6 Å². The molecule has 0 saturated carbocycles. The number of benzene rings is 2. The summed E-state index contributed by atoms with van der Waals surface area (Å²) in [5.41, 5.74) is 14.3. The minimum Gasteiger partial charge on any atom is -0.503 e. The monoisotopic (exact) mass is 1580 g/mol. The van der Waals surface area contributed by atoms with Crippen molar-refractivity contribution in [3.8, 4) is 0 Å². The van der Waals surface area contributed by atoms with Gasteiger partial charge in [-0.1, -0.05) is 0 Å². The zero-order chi connectivity index (χ0) is 48.9. The Kier molecular flexibility index (Phi) is 18.6. The Morgan fingerprint density at radius 3 is 1.17 bits per heavy atom. The molecule has 0 atom stereocenters. The standard InChI is InChI=1S/C37H32I6N6O16/c1-36(2)60-8-14(16(50)10-62-36)46-34(58)24-28(40)12(26(38)22(30(24)42)32(44)56)5-20(54)64-48-18(52)7-19(53)49-65-21(55)6-13-27(39)23(33(45)57)31(43)25(29(13)41)35(59)47-15-9-61-37(3,4)63-11-17(15)51/h8-11,50-51H,5-7H2,1-4H3,(H2,44,56)(H2,45,57)(H,46,58)(H,47,59)(H,48,52)(H,49,53). The van der Waals surface area contributed by atoms with Gasteiger partial charge >= 0.3 is 11.9 Å². The molecule has 0 aromatic heterocycles. The number of aliphatic hydroxyl groups is 2. The summed E-state index contributed by atoms with van der Waals surface area (Å²) >= 11 is 10.6. The lowest BCUT2D eigenvalue weighted by molar-refractivity contribution is -0.161. The molecule has 0 bridgehead atoms. The van der Waals surface area contributed by atoms with Gasteiger partial charge in [-0.25, -0.2) is 9.59 Å². The van der Waals surface area contributed by atoms with Crippen molar-refractivity contribution >= 4 is 183 Å². The summed E-state index contributed by atoms with van der Waals surface area (Å²) in [5.74, 6) is -11.3. The lowest BCUT2D eigenvalue weighted by Crippen LogP contribution is -2.35.